The smallest absolute Gasteiger partial charge is 0.271 e. The van der Waals surface area contributed by atoms with Crippen LogP contribution in [0, 0.1) is 11.7 Å². The third-order valence-electron chi connectivity index (χ3n) is 2.75. The van der Waals surface area contributed by atoms with Gasteiger partial charge in [0, 0.05) is 12.2 Å². The number of rotatable bonds is 5. The summed E-state index contributed by atoms with van der Waals surface area (Å²) in [6.45, 7) is 4.59. The van der Waals surface area contributed by atoms with Crippen LogP contribution in [-0.2, 0) is 0 Å². The molecule has 1 aromatic heterocycles. The average molecular weight is 323 g/mol. The van der Waals surface area contributed by atoms with Gasteiger partial charge in [-0.3, -0.25) is 4.79 Å². The molecule has 0 atom stereocenters. The number of benzene rings is 1. The highest BCUT2D eigenvalue weighted by Crippen LogP contribution is 2.21. The number of carbonyl (C=O) groups excluding carboxylic acids is 1. The maximum atomic E-state index is 13.1. The summed E-state index contributed by atoms with van der Waals surface area (Å²) in [5.41, 5.74) is 0.820. The molecule has 0 fully saturated rings. The van der Waals surface area contributed by atoms with Gasteiger partial charge in [0.05, 0.1) is 17.4 Å². The molecular formula is C15H16ClFN4O. The number of halogens is 2. The van der Waals surface area contributed by atoms with Crippen LogP contribution in [0.15, 0.2) is 30.6 Å². The molecule has 0 saturated heterocycles. The number of aromatic nitrogens is 2. The molecule has 0 aliphatic heterocycles. The number of hydrogen-bond donors (Lipinski definition) is 2. The zero-order valence-electron chi connectivity index (χ0n) is 12.2. The van der Waals surface area contributed by atoms with Crippen LogP contribution in [-0.4, -0.2) is 22.4 Å². The highest BCUT2D eigenvalue weighted by molar-refractivity contribution is 6.31. The number of anilines is 2. The van der Waals surface area contributed by atoms with Crippen molar-refractivity contribution in [2.75, 3.05) is 11.9 Å². The Balaban J connectivity index is 2.02. The van der Waals surface area contributed by atoms with Gasteiger partial charge in [0.25, 0.3) is 5.91 Å². The van der Waals surface area contributed by atoms with E-state index in [2.05, 4.69) is 20.6 Å². The summed E-state index contributed by atoms with van der Waals surface area (Å²) in [5.74, 6) is 0.0391. The first-order valence-corrected chi connectivity index (χ1v) is 7.16. The predicted molar refractivity (Wildman–Crippen MR) is 83.9 cm³/mol. The lowest BCUT2D eigenvalue weighted by Gasteiger charge is -2.08. The molecular weight excluding hydrogens is 307 g/mol. The van der Waals surface area contributed by atoms with Crippen molar-refractivity contribution in [3.05, 3.63) is 47.1 Å². The predicted octanol–water partition coefficient (Wildman–Crippen LogP) is 3.40. The van der Waals surface area contributed by atoms with Crippen LogP contribution < -0.4 is 10.6 Å². The van der Waals surface area contributed by atoms with Gasteiger partial charge in [-0.2, -0.15) is 0 Å². The molecule has 1 aromatic carbocycles. The van der Waals surface area contributed by atoms with Gasteiger partial charge in [0.1, 0.15) is 17.3 Å². The highest BCUT2D eigenvalue weighted by atomic mass is 35.5. The van der Waals surface area contributed by atoms with Gasteiger partial charge < -0.3 is 10.6 Å². The molecule has 0 spiro atoms. The molecule has 0 bridgehead atoms. The summed E-state index contributed by atoms with van der Waals surface area (Å²) in [6.07, 6.45) is 2.81. The second kappa shape index (κ2) is 7.17. The fourth-order valence-electron chi connectivity index (χ4n) is 1.62. The summed E-state index contributed by atoms with van der Waals surface area (Å²) < 4.78 is 13.1. The minimum atomic E-state index is -0.490. The fourth-order valence-corrected chi connectivity index (χ4v) is 1.80. The van der Waals surface area contributed by atoms with Crippen LogP contribution in [0.4, 0.5) is 15.9 Å². The third-order valence-corrected chi connectivity index (χ3v) is 3.04. The first-order valence-electron chi connectivity index (χ1n) is 6.78. The molecule has 22 heavy (non-hydrogen) atoms. The molecule has 2 aromatic rings. The highest BCUT2D eigenvalue weighted by Gasteiger charge is 2.08. The lowest BCUT2D eigenvalue weighted by molar-refractivity contribution is 0.0943. The second-order valence-corrected chi connectivity index (χ2v) is 5.55. The normalized spacial score (nSPS) is 10.6. The molecule has 2 N–H and O–H groups in total. The van der Waals surface area contributed by atoms with Crippen molar-refractivity contribution >= 4 is 29.0 Å². The van der Waals surface area contributed by atoms with E-state index in [0.717, 1.165) is 0 Å². The Morgan fingerprint density at radius 1 is 1.32 bits per heavy atom. The molecule has 7 heteroatoms. The van der Waals surface area contributed by atoms with E-state index >= 15 is 0 Å². The Bertz CT molecular complexity index is 661. The van der Waals surface area contributed by atoms with E-state index in [1.807, 2.05) is 13.8 Å². The average Bonchev–Trinajstić information content (AvgIpc) is 2.49. The number of nitrogens with one attached hydrogen (secondary N) is 2. The zero-order valence-corrected chi connectivity index (χ0v) is 13.0. The number of carbonyl (C=O) groups is 1. The van der Waals surface area contributed by atoms with Crippen LogP contribution in [0.2, 0.25) is 5.02 Å². The first kappa shape index (κ1) is 16.2. The van der Waals surface area contributed by atoms with Crippen molar-refractivity contribution < 1.29 is 9.18 Å². The molecule has 0 unspecified atom stereocenters. The van der Waals surface area contributed by atoms with E-state index in [1.54, 1.807) is 0 Å². The summed E-state index contributed by atoms with van der Waals surface area (Å²) in [5, 5.41) is 5.71. The lowest BCUT2D eigenvalue weighted by Crippen LogP contribution is -2.28. The second-order valence-electron chi connectivity index (χ2n) is 5.14. The minimum Gasteiger partial charge on any atom is -0.350 e. The topological polar surface area (TPSA) is 66.9 Å². The molecule has 0 aliphatic rings. The van der Waals surface area contributed by atoms with Gasteiger partial charge in [-0.25, -0.2) is 14.4 Å². The van der Waals surface area contributed by atoms with E-state index in [0.29, 0.717) is 24.0 Å². The molecule has 2 rings (SSSR count). The van der Waals surface area contributed by atoms with E-state index in [-0.39, 0.29) is 16.6 Å². The SMILES string of the molecule is CC(C)CNC(=O)c1cnc(Nc2ccc(F)c(Cl)c2)cn1. The number of amides is 1. The lowest BCUT2D eigenvalue weighted by atomic mass is 10.2. The first-order chi connectivity index (χ1) is 10.5. The van der Waals surface area contributed by atoms with Crippen LogP contribution >= 0.6 is 11.6 Å². The monoisotopic (exact) mass is 322 g/mol. The van der Waals surface area contributed by atoms with Gasteiger partial charge in [0.15, 0.2) is 0 Å². The van der Waals surface area contributed by atoms with Crippen LogP contribution in [0.5, 0.6) is 0 Å². The molecule has 0 saturated carbocycles. The summed E-state index contributed by atoms with van der Waals surface area (Å²) >= 11 is 5.70. The Hall–Kier alpha value is -2.21. The fraction of sp³-hybridized carbons (Fsp3) is 0.267. The summed E-state index contributed by atoms with van der Waals surface area (Å²) in [7, 11) is 0. The number of hydrogen-bond acceptors (Lipinski definition) is 4. The maximum absolute atomic E-state index is 13.1. The van der Waals surface area contributed by atoms with Crippen LogP contribution in [0.25, 0.3) is 0 Å². The van der Waals surface area contributed by atoms with Crippen molar-refractivity contribution in [3.63, 3.8) is 0 Å². The molecule has 0 radical (unpaired) electrons. The summed E-state index contributed by atoms with van der Waals surface area (Å²) in [4.78, 5) is 20.0. The zero-order chi connectivity index (χ0) is 16.1. The maximum Gasteiger partial charge on any atom is 0.271 e. The van der Waals surface area contributed by atoms with Crippen molar-refractivity contribution in [2.24, 2.45) is 5.92 Å². The standard InChI is InChI=1S/C15H16ClFN4O/c1-9(2)6-20-15(22)13-7-19-14(8-18-13)21-10-3-4-12(17)11(16)5-10/h3-5,7-9H,6H2,1-2H3,(H,19,21)(H,20,22). The van der Waals surface area contributed by atoms with Crippen molar-refractivity contribution in [2.45, 2.75) is 13.8 Å². The van der Waals surface area contributed by atoms with E-state index < -0.39 is 5.82 Å². The third kappa shape index (κ3) is 4.39. The summed E-state index contributed by atoms with van der Waals surface area (Å²) in [6, 6.07) is 4.24. The van der Waals surface area contributed by atoms with E-state index in [9.17, 15) is 9.18 Å². The largest absolute Gasteiger partial charge is 0.350 e. The quantitative estimate of drug-likeness (QED) is 0.885. The Morgan fingerprint density at radius 3 is 2.68 bits per heavy atom. The van der Waals surface area contributed by atoms with Crippen molar-refractivity contribution in [1.82, 2.24) is 15.3 Å². The van der Waals surface area contributed by atoms with Crippen LogP contribution in [0.3, 0.4) is 0 Å². The van der Waals surface area contributed by atoms with Gasteiger partial charge in [-0.1, -0.05) is 25.4 Å². The van der Waals surface area contributed by atoms with Gasteiger partial charge in [0.2, 0.25) is 0 Å². The Morgan fingerprint density at radius 2 is 2.09 bits per heavy atom. The minimum absolute atomic E-state index is 0.0163. The van der Waals surface area contributed by atoms with Crippen LogP contribution in [0.1, 0.15) is 24.3 Å². The molecule has 5 nitrogen and oxygen atoms in total. The molecule has 116 valence electrons. The molecule has 1 amide bonds. The van der Waals surface area contributed by atoms with Crippen molar-refractivity contribution in [1.29, 1.82) is 0 Å². The van der Waals surface area contributed by atoms with Gasteiger partial charge >= 0.3 is 0 Å². The Labute approximate surface area is 132 Å². The van der Waals surface area contributed by atoms with E-state index in [4.69, 9.17) is 11.6 Å². The van der Waals surface area contributed by atoms with Gasteiger partial charge in [-0.05, 0) is 24.1 Å². The Kier molecular flexibility index (Phi) is 5.27. The molecule has 1 heterocycles. The van der Waals surface area contributed by atoms with Crippen molar-refractivity contribution in [3.8, 4) is 0 Å². The van der Waals surface area contributed by atoms with E-state index in [1.165, 1.54) is 30.6 Å². The van der Waals surface area contributed by atoms with Gasteiger partial charge in [-0.15, -0.1) is 0 Å². The number of nitrogens with zero attached hydrogens (tertiary/aromatic N) is 2. The molecule has 0 aliphatic carbocycles.